The van der Waals surface area contributed by atoms with Crippen molar-refractivity contribution in [2.75, 3.05) is 32.7 Å². The first-order chi connectivity index (χ1) is 18.0. The van der Waals surface area contributed by atoms with Gasteiger partial charge in [-0.25, -0.2) is 0 Å². The maximum absolute atomic E-state index is 12.8. The van der Waals surface area contributed by atoms with Gasteiger partial charge in [0.1, 0.15) is 5.75 Å². The lowest BCUT2D eigenvalue weighted by Crippen LogP contribution is -2.18. The molecule has 194 valence electrons. The monoisotopic (exact) mass is 519 g/mol. The van der Waals surface area contributed by atoms with Gasteiger partial charge in [-0.1, -0.05) is 43.3 Å². The zero-order chi connectivity index (χ0) is 26.6. The number of hydrogen-bond donors (Lipinski definition) is 3. The second kappa shape index (κ2) is 14.2. The number of carbonyl (C=O) groups is 1. The van der Waals surface area contributed by atoms with Crippen molar-refractivity contribution in [1.29, 1.82) is 0 Å². The minimum atomic E-state index is -0.257. The van der Waals surface area contributed by atoms with Crippen molar-refractivity contribution in [3.8, 4) is 5.75 Å². The summed E-state index contributed by atoms with van der Waals surface area (Å²) in [6, 6.07) is 22.0. The summed E-state index contributed by atoms with van der Waals surface area (Å²) < 4.78 is 16.9. The van der Waals surface area contributed by atoms with Crippen LogP contribution in [0.1, 0.15) is 34.8 Å². The van der Waals surface area contributed by atoms with Gasteiger partial charge >= 0.3 is 0 Å². The van der Waals surface area contributed by atoms with Crippen molar-refractivity contribution in [2.24, 2.45) is 10.7 Å². The topological polar surface area (TPSA) is 95.2 Å². The van der Waals surface area contributed by atoms with Gasteiger partial charge in [0.15, 0.2) is 0 Å². The Bertz CT molecular complexity index is 1270. The highest BCUT2D eigenvalue weighted by Crippen LogP contribution is 2.24. The van der Waals surface area contributed by atoms with E-state index in [4.69, 9.17) is 19.9 Å². The number of nitrogens with one attached hydrogen (secondary N) is 1. The third-order valence-electron chi connectivity index (χ3n) is 5.55. The highest BCUT2D eigenvalue weighted by Gasteiger charge is 2.17. The van der Waals surface area contributed by atoms with Gasteiger partial charge in [0.25, 0.3) is 5.91 Å². The van der Waals surface area contributed by atoms with Crippen LogP contribution in [0.15, 0.2) is 88.3 Å². The molecule has 7 nitrogen and oxygen atoms in total. The minimum Gasteiger partial charge on any atom is -0.439 e. The molecule has 3 aromatic carbocycles. The van der Waals surface area contributed by atoms with Crippen LogP contribution in [0.4, 0.5) is 5.69 Å². The molecule has 0 spiro atoms. The standard InChI is InChI=1S/C29H33N3O4S/c1-4-25(27(30)26-14-6-5-9-21(26)19-35-16-15-34-3)29(31-2)36-23-12-7-10-20(17-23)28(33)32-22-11-8-13-24(37)18-22/h5-14,17-18,37H,4,15-16,19,30H2,1-3H3,(H,32,33)/b27-25-,31-29?. The summed E-state index contributed by atoms with van der Waals surface area (Å²) in [4.78, 5) is 17.9. The Morgan fingerprint density at radius 3 is 2.54 bits per heavy atom. The molecule has 0 aliphatic carbocycles. The lowest BCUT2D eigenvalue weighted by Gasteiger charge is -2.17. The van der Waals surface area contributed by atoms with Gasteiger partial charge < -0.3 is 25.3 Å². The highest BCUT2D eigenvalue weighted by molar-refractivity contribution is 7.80. The molecule has 1 amide bonds. The number of nitrogens with two attached hydrogens (primary N) is 1. The fourth-order valence-electron chi connectivity index (χ4n) is 3.69. The summed E-state index contributed by atoms with van der Waals surface area (Å²) in [6.07, 6.45) is 0.595. The lowest BCUT2D eigenvalue weighted by atomic mass is 10.00. The first-order valence-electron chi connectivity index (χ1n) is 12.0. The number of aliphatic imine (C=N–C) groups is 1. The van der Waals surface area contributed by atoms with Crippen molar-refractivity contribution < 1.29 is 19.0 Å². The van der Waals surface area contributed by atoms with E-state index in [1.807, 2.05) is 43.3 Å². The predicted octanol–water partition coefficient (Wildman–Crippen LogP) is 5.58. The zero-order valence-electron chi connectivity index (χ0n) is 21.4. The average Bonchev–Trinajstić information content (AvgIpc) is 2.91. The number of carbonyl (C=O) groups excluding carboxylic acids is 1. The van der Waals surface area contributed by atoms with Crippen LogP contribution < -0.4 is 15.8 Å². The molecule has 8 heteroatoms. The van der Waals surface area contributed by atoms with E-state index in [1.165, 1.54) is 0 Å². The van der Waals surface area contributed by atoms with Crippen LogP contribution in [0.25, 0.3) is 5.70 Å². The van der Waals surface area contributed by atoms with Crippen molar-refractivity contribution in [3.63, 3.8) is 0 Å². The van der Waals surface area contributed by atoms with Crippen LogP contribution in [0.5, 0.6) is 5.75 Å². The molecule has 0 atom stereocenters. The van der Waals surface area contributed by atoms with Crippen LogP contribution in [-0.2, 0) is 16.1 Å². The molecule has 0 aliphatic heterocycles. The number of hydrogen-bond acceptors (Lipinski definition) is 7. The number of methoxy groups -OCH3 is 1. The molecule has 0 saturated heterocycles. The lowest BCUT2D eigenvalue weighted by molar-refractivity contribution is 0.0616. The Balaban J connectivity index is 1.82. The first-order valence-corrected chi connectivity index (χ1v) is 12.4. The third-order valence-corrected chi connectivity index (χ3v) is 5.83. The third kappa shape index (κ3) is 7.95. The van der Waals surface area contributed by atoms with E-state index in [0.717, 1.165) is 21.6 Å². The number of anilines is 1. The van der Waals surface area contributed by atoms with E-state index >= 15 is 0 Å². The first kappa shape index (κ1) is 28.0. The van der Waals surface area contributed by atoms with Crippen LogP contribution in [0.2, 0.25) is 0 Å². The van der Waals surface area contributed by atoms with E-state index in [9.17, 15) is 4.79 Å². The number of benzene rings is 3. The SMILES string of the molecule is CC/C(C(=NC)Oc1cccc(C(=O)Nc2cccc(S)c2)c1)=C(/N)c1ccccc1COCCOC. The van der Waals surface area contributed by atoms with Crippen molar-refractivity contribution in [1.82, 2.24) is 0 Å². The van der Waals surface area contributed by atoms with E-state index in [2.05, 4.69) is 22.9 Å². The minimum absolute atomic E-state index is 0.257. The molecule has 3 N–H and O–H groups in total. The summed E-state index contributed by atoms with van der Waals surface area (Å²) in [5.41, 5.74) is 10.9. The van der Waals surface area contributed by atoms with Crippen molar-refractivity contribution in [2.45, 2.75) is 24.8 Å². The van der Waals surface area contributed by atoms with Crippen LogP contribution in [0, 0.1) is 0 Å². The van der Waals surface area contributed by atoms with Crippen molar-refractivity contribution in [3.05, 3.63) is 95.1 Å². The molecular weight excluding hydrogens is 486 g/mol. The Morgan fingerprint density at radius 1 is 1.03 bits per heavy atom. The summed E-state index contributed by atoms with van der Waals surface area (Å²) >= 11 is 4.32. The number of nitrogens with zero attached hydrogens (tertiary/aromatic N) is 1. The quantitative estimate of drug-likeness (QED) is 0.133. The molecule has 0 fully saturated rings. The molecule has 3 aromatic rings. The zero-order valence-corrected chi connectivity index (χ0v) is 22.3. The molecule has 0 heterocycles. The molecule has 3 rings (SSSR count). The van der Waals surface area contributed by atoms with E-state index in [0.29, 0.717) is 54.8 Å². The Labute approximate surface area is 223 Å². The van der Waals surface area contributed by atoms with E-state index < -0.39 is 0 Å². The summed E-state index contributed by atoms with van der Waals surface area (Å²) in [5, 5.41) is 2.88. The Hall–Kier alpha value is -3.59. The average molecular weight is 520 g/mol. The molecular formula is C29H33N3O4S. The summed E-state index contributed by atoms with van der Waals surface area (Å²) in [7, 11) is 3.29. The van der Waals surface area contributed by atoms with Gasteiger partial charge in [0.05, 0.1) is 19.8 Å². The van der Waals surface area contributed by atoms with Crippen LogP contribution in [-0.4, -0.2) is 39.2 Å². The Kier molecular flexibility index (Phi) is 10.8. The fourth-order valence-corrected chi connectivity index (χ4v) is 3.92. The van der Waals surface area contributed by atoms with Gasteiger partial charge in [-0.15, -0.1) is 12.6 Å². The van der Waals surface area contributed by atoms with Gasteiger partial charge in [0, 0.05) is 47.1 Å². The second-order valence-corrected chi connectivity index (χ2v) is 8.63. The number of ether oxygens (including phenoxy) is 3. The normalized spacial score (nSPS) is 12.2. The van der Waals surface area contributed by atoms with Crippen molar-refractivity contribution >= 4 is 35.8 Å². The second-order valence-electron chi connectivity index (χ2n) is 8.11. The summed E-state index contributed by atoms with van der Waals surface area (Å²) in [6.45, 7) is 3.41. The maximum atomic E-state index is 12.8. The molecule has 0 unspecified atom stereocenters. The number of amides is 1. The molecule has 0 aliphatic rings. The molecule has 0 bridgehead atoms. The van der Waals surface area contributed by atoms with Crippen LogP contribution in [0.3, 0.4) is 0 Å². The highest BCUT2D eigenvalue weighted by atomic mass is 32.1. The molecule has 37 heavy (non-hydrogen) atoms. The van der Waals surface area contributed by atoms with Gasteiger partial charge in [0.2, 0.25) is 5.90 Å². The van der Waals surface area contributed by atoms with E-state index in [-0.39, 0.29) is 5.91 Å². The number of thiol groups is 1. The van der Waals surface area contributed by atoms with Gasteiger partial charge in [-0.2, -0.15) is 0 Å². The largest absolute Gasteiger partial charge is 0.439 e. The molecule has 0 aromatic heterocycles. The summed E-state index contributed by atoms with van der Waals surface area (Å²) in [5.74, 6) is 0.606. The number of rotatable bonds is 11. The molecule has 0 saturated carbocycles. The molecule has 0 radical (unpaired) electrons. The fraction of sp³-hybridized carbons (Fsp3) is 0.241. The van der Waals surface area contributed by atoms with E-state index in [1.54, 1.807) is 50.6 Å². The predicted molar refractivity (Wildman–Crippen MR) is 151 cm³/mol. The Morgan fingerprint density at radius 2 is 1.81 bits per heavy atom. The van der Waals surface area contributed by atoms with Crippen LogP contribution >= 0.6 is 12.6 Å². The smallest absolute Gasteiger partial charge is 0.255 e. The maximum Gasteiger partial charge on any atom is 0.255 e. The van der Waals surface area contributed by atoms with Gasteiger partial charge in [-0.3, -0.25) is 9.79 Å². The van der Waals surface area contributed by atoms with Gasteiger partial charge in [-0.05, 0) is 48.4 Å².